The van der Waals surface area contributed by atoms with Crippen molar-refractivity contribution < 1.29 is 4.74 Å². The van der Waals surface area contributed by atoms with Gasteiger partial charge in [0, 0.05) is 7.11 Å². The van der Waals surface area contributed by atoms with Crippen molar-refractivity contribution in [1.82, 2.24) is 0 Å². The molecule has 0 amide bonds. The molecule has 3 rings (SSSR count). The van der Waals surface area contributed by atoms with E-state index < -0.39 is 0 Å². The quantitative estimate of drug-likeness (QED) is 0.540. The van der Waals surface area contributed by atoms with Gasteiger partial charge in [-0.1, -0.05) is 12.2 Å². The first kappa shape index (κ1) is 7.14. The number of rotatable bonds is 1. The maximum atomic E-state index is 5.53. The Morgan fingerprint density at radius 3 is 3.00 bits per heavy atom. The third-order valence-corrected chi connectivity index (χ3v) is 4.25. The van der Waals surface area contributed by atoms with Crippen LogP contribution in [-0.2, 0) is 4.74 Å². The number of allylic oxidation sites excluding steroid dienone is 2. The van der Waals surface area contributed by atoms with E-state index in [2.05, 4.69) is 12.2 Å². The lowest BCUT2D eigenvalue weighted by Gasteiger charge is -2.30. The molecule has 1 nitrogen and oxygen atoms in total. The summed E-state index contributed by atoms with van der Waals surface area (Å²) in [5, 5.41) is 0. The Kier molecular flexibility index (Phi) is 1.40. The molecule has 0 aromatic heterocycles. The van der Waals surface area contributed by atoms with E-state index in [1.165, 1.54) is 19.3 Å². The van der Waals surface area contributed by atoms with Crippen LogP contribution in [0.3, 0.4) is 0 Å². The van der Waals surface area contributed by atoms with Crippen molar-refractivity contribution in [2.75, 3.05) is 7.11 Å². The third kappa shape index (κ3) is 0.731. The Morgan fingerprint density at radius 1 is 1.25 bits per heavy atom. The van der Waals surface area contributed by atoms with Crippen molar-refractivity contribution in [3.05, 3.63) is 12.2 Å². The molecule has 0 aromatic carbocycles. The van der Waals surface area contributed by atoms with Gasteiger partial charge in [0.15, 0.2) is 0 Å². The summed E-state index contributed by atoms with van der Waals surface area (Å²) in [6.45, 7) is 0. The number of fused-ring (bicyclic) bond motifs is 5. The molecule has 0 aliphatic heterocycles. The number of methoxy groups -OCH3 is 1. The molecule has 66 valence electrons. The first-order valence-electron chi connectivity index (χ1n) is 5.09. The fraction of sp³-hybridized carbons (Fsp3) is 0.818. The first-order valence-corrected chi connectivity index (χ1v) is 5.09. The minimum Gasteiger partial charge on any atom is -0.381 e. The van der Waals surface area contributed by atoms with Crippen LogP contribution in [0.2, 0.25) is 0 Å². The summed E-state index contributed by atoms with van der Waals surface area (Å²) in [7, 11) is 1.88. The second-order valence-corrected chi connectivity index (χ2v) is 4.57. The normalized spacial score (nSPS) is 54.9. The van der Waals surface area contributed by atoms with Crippen LogP contribution in [0.1, 0.15) is 19.3 Å². The van der Waals surface area contributed by atoms with Crippen LogP contribution in [0.4, 0.5) is 0 Å². The maximum absolute atomic E-state index is 5.53. The van der Waals surface area contributed by atoms with Crippen molar-refractivity contribution in [3.63, 3.8) is 0 Å². The Labute approximate surface area is 73.8 Å². The summed E-state index contributed by atoms with van der Waals surface area (Å²) in [6, 6.07) is 0. The number of hydrogen-bond donors (Lipinski definition) is 0. The molecular weight excluding hydrogens is 148 g/mol. The van der Waals surface area contributed by atoms with E-state index in [-0.39, 0.29) is 0 Å². The number of hydrogen-bond acceptors (Lipinski definition) is 1. The predicted octanol–water partition coefficient (Wildman–Crippen LogP) is 2.23. The Hall–Kier alpha value is -0.300. The highest BCUT2D eigenvalue weighted by molar-refractivity contribution is 5.14. The third-order valence-electron chi connectivity index (χ3n) is 4.25. The average Bonchev–Trinajstić information content (AvgIpc) is 2.75. The van der Waals surface area contributed by atoms with Crippen molar-refractivity contribution in [3.8, 4) is 0 Å². The first-order chi connectivity index (χ1) is 5.90. The zero-order chi connectivity index (χ0) is 8.13. The second kappa shape index (κ2) is 2.35. The Morgan fingerprint density at radius 2 is 2.17 bits per heavy atom. The summed E-state index contributed by atoms with van der Waals surface area (Å²) in [5.41, 5.74) is 0. The SMILES string of the molecule is CO[C@H]1C[C@H]2C[C@@H]1[C@@H]1CC=C[C@H]21. The van der Waals surface area contributed by atoms with Crippen LogP contribution in [0, 0.1) is 23.7 Å². The molecule has 1 heteroatoms. The lowest BCUT2D eigenvalue weighted by atomic mass is 9.80. The average molecular weight is 164 g/mol. The molecule has 2 saturated carbocycles. The van der Waals surface area contributed by atoms with Crippen LogP contribution in [0.25, 0.3) is 0 Å². The molecular formula is C11H16O. The minimum atomic E-state index is 0.594. The molecule has 0 heterocycles. The van der Waals surface area contributed by atoms with E-state index in [4.69, 9.17) is 4.74 Å². The largest absolute Gasteiger partial charge is 0.381 e. The van der Waals surface area contributed by atoms with Gasteiger partial charge in [0.2, 0.25) is 0 Å². The van der Waals surface area contributed by atoms with Crippen LogP contribution in [0.15, 0.2) is 12.2 Å². The van der Waals surface area contributed by atoms with E-state index in [1.54, 1.807) is 0 Å². The lowest BCUT2D eigenvalue weighted by molar-refractivity contribution is 0.0261. The summed E-state index contributed by atoms with van der Waals surface area (Å²) >= 11 is 0. The smallest absolute Gasteiger partial charge is 0.0605 e. The summed E-state index contributed by atoms with van der Waals surface area (Å²) in [4.78, 5) is 0. The maximum Gasteiger partial charge on any atom is 0.0605 e. The molecule has 0 unspecified atom stereocenters. The monoisotopic (exact) mass is 164 g/mol. The highest BCUT2D eigenvalue weighted by atomic mass is 16.5. The van der Waals surface area contributed by atoms with Crippen LogP contribution in [-0.4, -0.2) is 13.2 Å². The molecule has 3 aliphatic rings. The van der Waals surface area contributed by atoms with Crippen LogP contribution in [0.5, 0.6) is 0 Å². The van der Waals surface area contributed by atoms with E-state index in [1.807, 2.05) is 7.11 Å². The fourth-order valence-corrected chi connectivity index (χ4v) is 3.77. The molecule has 0 spiro atoms. The molecule has 12 heavy (non-hydrogen) atoms. The zero-order valence-corrected chi connectivity index (χ0v) is 7.57. The second-order valence-electron chi connectivity index (χ2n) is 4.57. The van der Waals surface area contributed by atoms with E-state index in [0.717, 1.165) is 23.7 Å². The van der Waals surface area contributed by atoms with Crippen molar-refractivity contribution in [2.24, 2.45) is 23.7 Å². The van der Waals surface area contributed by atoms with Crippen LogP contribution < -0.4 is 0 Å². The lowest BCUT2D eigenvalue weighted by Crippen LogP contribution is -2.29. The van der Waals surface area contributed by atoms with Crippen LogP contribution >= 0.6 is 0 Å². The fourth-order valence-electron chi connectivity index (χ4n) is 3.77. The predicted molar refractivity (Wildman–Crippen MR) is 47.7 cm³/mol. The Balaban J connectivity index is 1.86. The van der Waals surface area contributed by atoms with Gasteiger partial charge in [-0.05, 0) is 42.9 Å². The standard InChI is InChI=1S/C11H16O/c1-12-11-6-7-5-10(11)9-4-2-3-8(7)9/h2-3,7-11H,4-6H2,1H3/t7-,8-,9-,10-,11+/m1/s1. The summed E-state index contributed by atoms with van der Waals surface area (Å²) in [6.07, 6.45) is 9.53. The molecule has 0 saturated heterocycles. The van der Waals surface area contributed by atoms with Gasteiger partial charge in [0.1, 0.15) is 0 Å². The van der Waals surface area contributed by atoms with Gasteiger partial charge in [-0.3, -0.25) is 0 Å². The molecule has 0 aromatic rings. The summed E-state index contributed by atoms with van der Waals surface area (Å²) in [5.74, 6) is 3.73. The highest BCUT2D eigenvalue weighted by Crippen LogP contribution is 2.56. The van der Waals surface area contributed by atoms with Crippen molar-refractivity contribution >= 4 is 0 Å². The molecule has 5 atom stereocenters. The van der Waals surface area contributed by atoms with E-state index >= 15 is 0 Å². The van der Waals surface area contributed by atoms with Gasteiger partial charge in [0.05, 0.1) is 6.10 Å². The van der Waals surface area contributed by atoms with Gasteiger partial charge in [0.25, 0.3) is 0 Å². The summed E-state index contributed by atoms with van der Waals surface area (Å²) < 4.78 is 5.53. The Bertz CT molecular complexity index is 219. The molecule has 3 aliphatic carbocycles. The minimum absolute atomic E-state index is 0.594. The van der Waals surface area contributed by atoms with Gasteiger partial charge in [-0.15, -0.1) is 0 Å². The van der Waals surface area contributed by atoms with Crippen molar-refractivity contribution in [2.45, 2.75) is 25.4 Å². The zero-order valence-electron chi connectivity index (χ0n) is 7.57. The number of ether oxygens (including phenoxy) is 1. The topological polar surface area (TPSA) is 9.23 Å². The van der Waals surface area contributed by atoms with Gasteiger partial charge >= 0.3 is 0 Å². The molecule has 2 bridgehead atoms. The van der Waals surface area contributed by atoms with E-state index in [9.17, 15) is 0 Å². The van der Waals surface area contributed by atoms with Gasteiger partial charge < -0.3 is 4.74 Å². The van der Waals surface area contributed by atoms with Crippen molar-refractivity contribution in [1.29, 1.82) is 0 Å². The molecule has 0 radical (unpaired) electrons. The highest BCUT2D eigenvalue weighted by Gasteiger charge is 2.52. The molecule has 0 N–H and O–H groups in total. The van der Waals surface area contributed by atoms with E-state index in [0.29, 0.717) is 6.10 Å². The molecule has 2 fully saturated rings. The van der Waals surface area contributed by atoms with Gasteiger partial charge in [-0.25, -0.2) is 0 Å². The van der Waals surface area contributed by atoms with Gasteiger partial charge in [-0.2, -0.15) is 0 Å².